The second-order valence-electron chi connectivity index (χ2n) is 9.55. The molecule has 1 aromatic carbocycles. The highest BCUT2D eigenvalue weighted by atomic mass is 32.1. The molecule has 1 amide bonds. The molecule has 0 radical (unpaired) electrons. The van der Waals surface area contributed by atoms with E-state index in [1.54, 1.807) is 35.6 Å². The minimum atomic E-state index is -0.338. The van der Waals surface area contributed by atoms with Gasteiger partial charge in [-0.25, -0.2) is 4.79 Å². The number of hydrogen-bond acceptors (Lipinski definition) is 5. The van der Waals surface area contributed by atoms with Gasteiger partial charge in [-0.2, -0.15) is 0 Å². The van der Waals surface area contributed by atoms with Gasteiger partial charge in [0.15, 0.2) is 0 Å². The Kier molecular flexibility index (Phi) is 8.12. The molecule has 1 aromatic heterocycles. The molecule has 5 nitrogen and oxygen atoms in total. The number of hydrogen-bond donors (Lipinski definition) is 1. The van der Waals surface area contributed by atoms with Crippen molar-refractivity contribution in [3.63, 3.8) is 0 Å². The standard InChI is InChI=1S/C26H36N2O3S/c1-6-28(7-2)14-15-31-25(30)18-8-11-20(12-9-18)27-24(29)22-17-32-23-16-19(26(3,4)5)10-13-21(22)23/h8-9,11-12,17,19H,6-7,10,13-16H2,1-5H3,(H,27,29). The maximum Gasteiger partial charge on any atom is 0.338 e. The lowest BCUT2D eigenvalue weighted by Crippen LogP contribution is -2.27. The minimum absolute atomic E-state index is 0.0775. The van der Waals surface area contributed by atoms with Gasteiger partial charge in [0.05, 0.1) is 11.1 Å². The first-order chi connectivity index (χ1) is 15.2. The van der Waals surface area contributed by atoms with Gasteiger partial charge in [-0.3, -0.25) is 4.79 Å². The molecule has 1 N–H and O–H groups in total. The fourth-order valence-electron chi connectivity index (χ4n) is 4.22. The Morgan fingerprint density at radius 3 is 2.47 bits per heavy atom. The number of nitrogens with zero attached hydrogens (tertiary/aromatic N) is 1. The predicted molar refractivity (Wildman–Crippen MR) is 132 cm³/mol. The maximum absolute atomic E-state index is 12.9. The molecule has 32 heavy (non-hydrogen) atoms. The maximum atomic E-state index is 12.9. The smallest absolute Gasteiger partial charge is 0.338 e. The number of nitrogens with one attached hydrogen (secondary N) is 1. The Morgan fingerprint density at radius 2 is 1.84 bits per heavy atom. The Labute approximate surface area is 196 Å². The monoisotopic (exact) mass is 456 g/mol. The number of carbonyl (C=O) groups is 2. The number of esters is 1. The van der Waals surface area contributed by atoms with Gasteiger partial charge >= 0.3 is 5.97 Å². The van der Waals surface area contributed by atoms with Gasteiger partial charge < -0.3 is 15.0 Å². The van der Waals surface area contributed by atoms with Crippen molar-refractivity contribution in [3.05, 3.63) is 51.2 Å². The van der Waals surface area contributed by atoms with E-state index in [4.69, 9.17) is 4.74 Å². The van der Waals surface area contributed by atoms with Crippen LogP contribution >= 0.6 is 11.3 Å². The van der Waals surface area contributed by atoms with E-state index in [0.29, 0.717) is 29.2 Å². The third-order valence-corrected chi connectivity index (χ3v) is 7.59. The number of ether oxygens (including phenoxy) is 1. The van der Waals surface area contributed by atoms with Gasteiger partial charge in [0.2, 0.25) is 0 Å². The van der Waals surface area contributed by atoms with Gasteiger partial charge in [-0.05, 0) is 73.5 Å². The lowest BCUT2D eigenvalue weighted by Gasteiger charge is -2.34. The van der Waals surface area contributed by atoms with Crippen molar-refractivity contribution in [1.29, 1.82) is 0 Å². The number of fused-ring (bicyclic) bond motifs is 1. The lowest BCUT2D eigenvalue weighted by molar-refractivity contribution is 0.0466. The minimum Gasteiger partial charge on any atom is -0.461 e. The van der Waals surface area contributed by atoms with Crippen LogP contribution < -0.4 is 5.32 Å². The number of amides is 1. The fourth-order valence-corrected chi connectivity index (χ4v) is 5.38. The summed E-state index contributed by atoms with van der Waals surface area (Å²) >= 11 is 1.70. The predicted octanol–water partition coefficient (Wildman–Crippen LogP) is 5.65. The molecular formula is C26H36N2O3S. The highest BCUT2D eigenvalue weighted by Crippen LogP contribution is 2.40. The van der Waals surface area contributed by atoms with E-state index in [1.807, 2.05) is 5.38 Å². The molecule has 0 aliphatic heterocycles. The zero-order valence-electron chi connectivity index (χ0n) is 20.0. The van der Waals surface area contributed by atoms with Crippen LogP contribution in [0.15, 0.2) is 29.6 Å². The van der Waals surface area contributed by atoms with Crippen LogP contribution in [0.5, 0.6) is 0 Å². The van der Waals surface area contributed by atoms with Gasteiger partial charge in [0.25, 0.3) is 5.91 Å². The summed E-state index contributed by atoms with van der Waals surface area (Å²) in [6.45, 7) is 14.1. The number of benzene rings is 1. The van der Waals surface area contributed by atoms with Crippen molar-refractivity contribution in [3.8, 4) is 0 Å². The molecule has 174 valence electrons. The molecule has 3 rings (SSSR count). The topological polar surface area (TPSA) is 58.6 Å². The molecule has 0 bridgehead atoms. The van der Waals surface area contributed by atoms with Crippen LogP contribution in [-0.4, -0.2) is 43.0 Å². The molecule has 1 aliphatic carbocycles. The Balaban J connectivity index is 1.57. The van der Waals surface area contributed by atoms with E-state index in [0.717, 1.165) is 44.5 Å². The van der Waals surface area contributed by atoms with E-state index < -0.39 is 0 Å². The largest absolute Gasteiger partial charge is 0.461 e. The molecular weight excluding hydrogens is 420 g/mol. The van der Waals surface area contributed by atoms with Crippen molar-refractivity contribution in [2.45, 2.75) is 53.9 Å². The van der Waals surface area contributed by atoms with Crippen LogP contribution in [0.25, 0.3) is 0 Å². The number of carbonyl (C=O) groups excluding carboxylic acids is 2. The fraction of sp³-hybridized carbons (Fsp3) is 0.538. The normalized spacial score (nSPS) is 16.0. The van der Waals surface area contributed by atoms with Crippen LogP contribution in [0.2, 0.25) is 0 Å². The van der Waals surface area contributed by atoms with Crippen molar-refractivity contribution < 1.29 is 14.3 Å². The number of anilines is 1. The van der Waals surface area contributed by atoms with E-state index in [9.17, 15) is 9.59 Å². The first-order valence-corrected chi connectivity index (χ1v) is 12.5. The summed E-state index contributed by atoms with van der Waals surface area (Å²) in [5.74, 6) is 0.241. The molecule has 1 heterocycles. The van der Waals surface area contributed by atoms with Crippen LogP contribution in [0.1, 0.15) is 72.2 Å². The van der Waals surface area contributed by atoms with E-state index in [1.165, 1.54) is 10.4 Å². The van der Waals surface area contributed by atoms with Gasteiger partial charge in [0.1, 0.15) is 6.61 Å². The molecule has 1 atom stereocenters. The van der Waals surface area contributed by atoms with Crippen LogP contribution in [0.3, 0.4) is 0 Å². The summed E-state index contributed by atoms with van der Waals surface area (Å²) in [6.07, 6.45) is 3.14. The molecule has 0 saturated heterocycles. The van der Waals surface area contributed by atoms with Crippen LogP contribution in [0, 0.1) is 11.3 Å². The molecule has 0 fully saturated rings. The van der Waals surface area contributed by atoms with E-state index >= 15 is 0 Å². The van der Waals surface area contributed by atoms with Crippen molar-refractivity contribution in [2.75, 3.05) is 31.6 Å². The van der Waals surface area contributed by atoms with Gasteiger partial charge in [-0.1, -0.05) is 34.6 Å². The third-order valence-electron chi connectivity index (χ3n) is 6.54. The second kappa shape index (κ2) is 10.6. The highest BCUT2D eigenvalue weighted by Gasteiger charge is 2.31. The van der Waals surface area contributed by atoms with Gasteiger partial charge in [-0.15, -0.1) is 11.3 Å². The summed E-state index contributed by atoms with van der Waals surface area (Å²) < 4.78 is 5.37. The molecule has 1 unspecified atom stereocenters. The summed E-state index contributed by atoms with van der Waals surface area (Å²) in [4.78, 5) is 28.7. The van der Waals surface area contributed by atoms with E-state index in [2.05, 4.69) is 44.8 Å². The Hall–Kier alpha value is -2.18. The van der Waals surface area contributed by atoms with Crippen molar-refractivity contribution in [1.82, 2.24) is 4.90 Å². The van der Waals surface area contributed by atoms with Crippen molar-refractivity contribution in [2.24, 2.45) is 11.3 Å². The second-order valence-corrected chi connectivity index (χ2v) is 10.5. The zero-order valence-corrected chi connectivity index (χ0v) is 20.8. The molecule has 0 spiro atoms. The molecule has 6 heteroatoms. The Bertz CT molecular complexity index is 924. The summed E-state index contributed by atoms with van der Waals surface area (Å²) in [6, 6.07) is 6.92. The average molecular weight is 457 g/mol. The van der Waals surface area contributed by atoms with Crippen LogP contribution in [0.4, 0.5) is 5.69 Å². The number of thiophene rings is 1. The SMILES string of the molecule is CCN(CC)CCOC(=O)c1ccc(NC(=O)c2csc3c2CCC(C(C)(C)C)C3)cc1. The quantitative estimate of drug-likeness (QED) is 0.522. The zero-order chi connectivity index (χ0) is 23.3. The average Bonchev–Trinajstić information content (AvgIpc) is 3.20. The third kappa shape index (κ3) is 5.99. The molecule has 2 aromatic rings. The first kappa shape index (κ1) is 24.5. The van der Waals surface area contributed by atoms with E-state index in [-0.39, 0.29) is 11.9 Å². The van der Waals surface area contributed by atoms with Crippen LogP contribution in [-0.2, 0) is 17.6 Å². The first-order valence-electron chi connectivity index (χ1n) is 11.6. The number of likely N-dealkylation sites (N-methyl/N-ethyl adjacent to an activating group) is 1. The highest BCUT2D eigenvalue weighted by molar-refractivity contribution is 7.10. The van der Waals surface area contributed by atoms with Crippen molar-refractivity contribution >= 4 is 28.9 Å². The van der Waals surface area contributed by atoms with Gasteiger partial charge in [0, 0.05) is 22.5 Å². The summed E-state index contributed by atoms with van der Waals surface area (Å²) in [5, 5.41) is 4.98. The molecule has 0 saturated carbocycles. The Morgan fingerprint density at radius 1 is 1.16 bits per heavy atom. The molecule has 1 aliphatic rings. The summed E-state index contributed by atoms with van der Waals surface area (Å²) in [7, 11) is 0. The number of rotatable bonds is 8. The summed E-state index contributed by atoms with van der Waals surface area (Å²) in [5.41, 5.74) is 3.46. The lowest BCUT2D eigenvalue weighted by atomic mass is 9.72.